The molecule has 0 aromatic heterocycles. The van der Waals surface area contributed by atoms with Crippen LogP contribution in [0.15, 0.2) is 24.3 Å². The second-order valence-electron chi connectivity index (χ2n) is 2.69. The quantitative estimate of drug-likeness (QED) is 0.695. The predicted octanol–water partition coefficient (Wildman–Crippen LogP) is 1.69. The Hall–Kier alpha value is -1.09. The Morgan fingerprint density at radius 2 is 2.33 bits per heavy atom. The van der Waals surface area contributed by atoms with Gasteiger partial charge in [0.1, 0.15) is 0 Å². The number of aryl methyl sites for hydroxylation is 1. The van der Waals surface area contributed by atoms with E-state index in [-0.39, 0.29) is 0 Å². The third-order valence-electron chi connectivity index (χ3n) is 1.48. The van der Waals surface area contributed by atoms with Crippen LogP contribution >= 0.6 is 12.2 Å². The summed E-state index contributed by atoms with van der Waals surface area (Å²) in [6, 6.07) is 8.09. The van der Waals surface area contributed by atoms with E-state index in [0.29, 0.717) is 11.5 Å². The highest BCUT2D eigenvalue weighted by atomic mass is 32.1. The van der Waals surface area contributed by atoms with E-state index in [0.717, 1.165) is 5.69 Å². The van der Waals surface area contributed by atoms with Crippen molar-refractivity contribution >= 4 is 22.9 Å². The van der Waals surface area contributed by atoms with Crippen molar-refractivity contribution < 1.29 is 0 Å². The maximum Gasteiger partial charge on any atom is 0.0921 e. The molecule has 3 N–H and O–H groups in total. The molecule has 0 bridgehead atoms. The monoisotopic (exact) mass is 180 g/mol. The Balaban J connectivity index is 2.57. The average molecular weight is 180 g/mol. The zero-order chi connectivity index (χ0) is 8.97. The zero-order valence-electron chi connectivity index (χ0n) is 7.00. The molecule has 64 valence electrons. The summed E-state index contributed by atoms with van der Waals surface area (Å²) in [7, 11) is 0. The van der Waals surface area contributed by atoms with Gasteiger partial charge in [0, 0.05) is 5.69 Å². The van der Waals surface area contributed by atoms with Gasteiger partial charge >= 0.3 is 0 Å². The molecule has 0 unspecified atom stereocenters. The second kappa shape index (κ2) is 4.07. The number of hydrogen-bond acceptors (Lipinski definition) is 2. The third kappa shape index (κ3) is 2.88. The minimum atomic E-state index is 0.483. The highest BCUT2D eigenvalue weighted by molar-refractivity contribution is 7.80. The van der Waals surface area contributed by atoms with Crippen LogP contribution in [0.2, 0.25) is 0 Å². The summed E-state index contributed by atoms with van der Waals surface area (Å²) < 4.78 is 0. The van der Waals surface area contributed by atoms with E-state index in [2.05, 4.69) is 11.4 Å². The summed E-state index contributed by atoms with van der Waals surface area (Å²) in [6.07, 6.45) is 0. The number of anilines is 1. The van der Waals surface area contributed by atoms with Crippen molar-refractivity contribution in [1.29, 1.82) is 0 Å². The first-order chi connectivity index (χ1) is 5.68. The molecule has 0 saturated heterocycles. The molecule has 1 rings (SSSR count). The van der Waals surface area contributed by atoms with Gasteiger partial charge in [0.15, 0.2) is 0 Å². The molecule has 1 aromatic carbocycles. The van der Waals surface area contributed by atoms with Crippen LogP contribution in [0, 0.1) is 6.92 Å². The van der Waals surface area contributed by atoms with Crippen molar-refractivity contribution in [2.45, 2.75) is 6.92 Å². The van der Waals surface area contributed by atoms with Gasteiger partial charge in [-0.2, -0.15) is 0 Å². The van der Waals surface area contributed by atoms with Crippen LogP contribution in [0.1, 0.15) is 5.56 Å². The molecule has 0 spiro atoms. The normalized spacial score (nSPS) is 9.42. The molecule has 0 saturated carbocycles. The molecule has 1 aromatic rings. The van der Waals surface area contributed by atoms with Crippen molar-refractivity contribution in [3.63, 3.8) is 0 Å². The molecular formula is C9H12N2S. The fourth-order valence-electron chi connectivity index (χ4n) is 0.944. The predicted molar refractivity (Wildman–Crippen MR) is 56.5 cm³/mol. The number of benzene rings is 1. The average Bonchev–Trinajstić information content (AvgIpc) is 2.01. The fourth-order valence-corrected chi connectivity index (χ4v) is 1.02. The lowest BCUT2D eigenvalue weighted by Gasteiger charge is -2.04. The lowest BCUT2D eigenvalue weighted by Crippen LogP contribution is -2.19. The Morgan fingerprint density at radius 1 is 1.58 bits per heavy atom. The molecular weight excluding hydrogens is 168 g/mol. The van der Waals surface area contributed by atoms with Crippen LogP contribution in [0.4, 0.5) is 5.69 Å². The number of nitrogens with one attached hydrogen (secondary N) is 1. The Bertz CT molecular complexity index is 284. The topological polar surface area (TPSA) is 38.0 Å². The first-order valence-electron chi connectivity index (χ1n) is 3.77. The molecule has 0 amide bonds. The summed E-state index contributed by atoms with van der Waals surface area (Å²) in [6.45, 7) is 2.60. The summed E-state index contributed by atoms with van der Waals surface area (Å²) >= 11 is 4.74. The standard InChI is InChI=1S/C9H12N2S/c1-7-3-2-4-8(5-7)11-6-9(10)12/h2-5,11H,6H2,1H3,(H2,10,12). The van der Waals surface area contributed by atoms with Crippen LogP contribution in [0.3, 0.4) is 0 Å². The molecule has 0 fully saturated rings. The van der Waals surface area contributed by atoms with Crippen molar-refractivity contribution in [3.05, 3.63) is 29.8 Å². The summed E-state index contributed by atoms with van der Waals surface area (Å²) in [5.74, 6) is 0. The van der Waals surface area contributed by atoms with Gasteiger partial charge < -0.3 is 11.1 Å². The maximum absolute atomic E-state index is 5.35. The molecule has 0 aliphatic rings. The number of rotatable bonds is 3. The van der Waals surface area contributed by atoms with Crippen LogP contribution < -0.4 is 11.1 Å². The van der Waals surface area contributed by atoms with E-state index in [9.17, 15) is 0 Å². The van der Waals surface area contributed by atoms with Crippen molar-refractivity contribution in [1.82, 2.24) is 0 Å². The minimum Gasteiger partial charge on any atom is -0.392 e. The molecule has 0 heterocycles. The van der Waals surface area contributed by atoms with E-state index in [4.69, 9.17) is 18.0 Å². The van der Waals surface area contributed by atoms with Crippen molar-refractivity contribution in [2.75, 3.05) is 11.9 Å². The van der Waals surface area contributed by atoms with Crippen LogP contribution in [-0.2, 0) is 0 Å². The lowest BCUT2D eigenvalue weighted by atomic mass is 10.2. The van der Waals surface area contributed by atoms with E-state index < -0.39 is 0 Å². The number of hydrogen-bond donors (Lipinski definition) is 2. The summed E-state index contributed by atoms with van der Waals surface area (Å²) in [5, 5.41) is 3.12. The van der Waals surface area contributed by atoms with Gasteiger partial charge in [-0.15, -0.1) is 0 Å². The van der Waals surface area contributed by atoms with Crippen molar-refractivity contribution in [3.8, 4) is 0 Å². The van der Waals surface area contributed by atoms with Crippen LogP contribution in [0.25, 0.3) is 0 Å². The van der Waals surface area contributed by atoms with Gasteiger partial charge in [-0.1, -0.05) is 24.4 Å². The Labute approximate surface area is 77.8 Å². The van der Waals surface area contributed by atoms with Gasteiger partial charge in [0.2, 0.25) is 0 Å². The minimum absolute atomic E-state index is 0.483. The molecule has 2 nitrogen and oxygen atoms in total. The summed E-state index contributed by atoms with van der Waals surface area (Å²) in [5.41, 5.74) is 7.63. The molecule has 0 aliphatic carbocycles. The smallest absolute Gasteiger partial charge is 0.0921 e. The largest absolute Gasteiger partial charge is 0.392 e. The van der Waals surface area contributed by atoms with E-state index in [1.54, 1.807) is 0 Å². The molecule has 12 heavy (non-hydrogen) atoms. The second-order valence-corrected chi connectivity index (χ2v) is 3.21. The van der Waals surface area contributed by atoms with E-state index in [1.165, 1.54) is 5.56 Å². The first kappa shape index (κ1) is 9.00. The van der Waals surface area contributed by atoms with Crippen LogP contribution in [-0.4, -0.2) is 11.5 Å². The van der Waals surface area contributed by atoms with Gasteiger partial charge in [-0.3, -0.25) is 0 Å². The SMILES string of the molecule is Cc1cccc(NCC(N)=S)c1. The van der Waals surface area contributed by atoms with E-state index >= 15 is 0 Å². The molecule has 3 heteroatoms. The zero-order valence-corrected chi connectivity index (χ0v) is 7.82. The van der Waals surface area contributed by atoms with E-state index in [1.807, 2.05) is 25.1 Å². The lowest BCUT2D eigenvalue weighted by molar-refractivity contribution is 1.36. The summed E-state index contributed by atoms with van der Waals surface area (Å²) in [4.78, 5) is 0.483. The van der Waals surface area contributed by atoms with Gasteiger partial charge in [0.05, 0.1) is 11.5 Å². The maximum atomic E-state index is 5.35. The highest BCUT2D eigenvalue weighted by Crippen LogP contribution is 2.08. The van der Waals surface area contributed by atoms with Crippen LogP contribution in [0.5, 0.6) is 0 Å². The Kier molecular flexibility index (Phi) is 3.05. The van der Waals surface area contributed by atoms with Gasteiger partial charge in [-0.25, -0.2) is 0 Å². The van der Waals surface area contributed by atoms with Crippen molar-refractivity contribution in [2.24, 2.45) is 5.73 Å². The Morgan fingerprint density at radius 3 is 2.92 bits per heavy atom. The highest BCUT2D eigenvalue weighted by Gasteiger charge is 1.91. The van der Waals surface area contributed by atoms with Gasteiger partial charge in [0.25, 0.3) is 0 Å². The van der Waals surface area contributed by atoms with Gasteiger partial charge in [-0.05, 0) is 24.6 Å². The molecule has 0 aliphatic heterocycles. The molecule has 0 atom stereocenters. The first-order valence-corrected chi connectivity index (χ1v) is 4.18. The number of thiocarbonyl (C=S) groups is 1. The fraction of sp³-hybridized carbons (Fsp3) is 0.222. The molecule has 0 radical (unpaired) electrons. The number of nitrogens with two attached hydrogens (primary N) is 1. The third-order valence-corrected chi connectivity index (χ3v) is 1.63.